The molecule has 1 heterocycles. The first-order chi connectivity index (χ1) is 16.6. The Labute approximate surface area is 199 Å². The molecule has 0 bridgehead atoms. The molecule has 0 aliphatic carbocycles. The maximum absolute atomic E-state index is 13.8. The largest absolute Gasteiger partial charge is 0.269 e. The van der Waals surface area contributed by atoms with Crippen molar-refractivity contribution in [2.24, 2.45) is 0 Å². The second-order valence-electron chi connectivity index (χ2n) is 7.32. The molecule has 0 amide bonds. The Morgan fingerprint density at radius 3 is 1.25 bits per heavy atom. The molecule has 2 aromatic rings. The second kappa shape index (κ2) is 9.63. The molecule has 0 spiro atoms. The van der Waals surface area contributed by atoms with Gasteiger partial charge in [0.25, 0.3) is 11.4 Å². The molecule has 0 aromatic heterocycles. The molecule has 0 N–H and O–H groups in total. The quantitative estimate of drug-likeness (QED) is 0.154. The van der Waals surface area contributed by atoms with E-state index in [2.05, 4.69) is 0 Å². The highest BCUT2D eigenvalue weighted by atomic mass is 32.2. The minimum atomic E-state index is -4.94. The first kappa shape index (κ1) is 27.3. The molecule has 0 radical (unpaired) electrons. The zero-order valence-electron chi connectivity index (χ0n) is 17.5. The van der Waals surface area contributed by atoms with E-state index < -0.39 is 87.2 Å². The van der Waals surface area contributed by atoms with Crippen LogP contribution in [-0.2, 0) is 20.0 Å². The van der Waals surface area contributed by atoms with Gasteiger partial charge in [0.2, 0.25) is 25.7 Å². The summed E-state index contributed by atoms with van der Waals surface area (Å²) in [6.45, 7) is -4.39. The number of nitrogens with zero attached hydrogens (tertiary/aromatic N) is 6. The Morgan fingerprint density at radius 2 is 1.00 bits per heavy atom. The van der Waals surface area contributed by atoms with Gasteiger partial charge in [-0.25, -0.2) is 16.8 Å². The van der Waals surface area contributed by atoms with Gasteiger partial charge in [0, 0.05) is 35.0 Å². The normalized spacial score (nSPS) is 17.4. The fourth-order valence-corrected chi connectivity index (χ4v) is 6.23. The van der Waals surface area contributed by atoms with Crippen molar-refractivity contribution in [3.05, 3.63) is 68.8 Å². The average molecular weight is 558 g/mol. The van der Waals surface area contributed by atoms with Crippen LogP contribution in [0.3, 0.4) is 0 Å². The van der Waals surface area contributed by atoms with E-state index in [0.717, 1.165) is 48.5 Å². The van der Waals surface area contributed by atoms with Crippen LogP contribution < -0.4 is 0 Å². The van der Waals surface area contributed by atoms with E-state index in [0.29, 0.717) is 0 Å². The summed E-state index contributed by atoms with van der Waals surface area (Å²) in [5.74, 6) is 0. The van der Waals surface area contributed by atoms with Gasteiger partial charge in [0.15, 0.2) is 0 Å². The van der Waals surface area contributed by atoms with Crippen molar-refractivity contribution in [2.45, 2.75) is 15.5 Å². The molecule has 14 nitrogen and oxygen atoms in total. The highest BCUT2D eigenvalue weighted by Crippen LogP contribution is 2.35. The van der Waals surface area contributed by atoms with Crippen LogP contribution in [0, 0.1) is 20.2 Å². The van der Waals surface area contributed by atoms with Crippen LogP contribution in [0.15, 0.2) is 58.3 Å². The molecule has 1 fully saturated rings. The van der Waals surface area contributed by atoms with Crippen LogP contribution in [0.1, 0.15) is 0 Å². The van der Waals surface area contributed by atoms with Crippen LogP contribution in [0.4, 0.5) is 29.3 Å². The zero-order valence-corrected chi connectivity index (χ0v) is 19.2. The van der Waals surface area contributed by atoms with Crippen molar-refractivity contribution < 1.29 is 44.6 Å². The lowest BCUT2D eigenvalue weighted by atomic mass is 10.1. The van der Waals surface area contributed by atoms with E-state index in [-0.39, 0.29) is 8.61 Å². The second-order valence-corrected chi connectivity index (χ2v) is 11.2. The topological polar surface area (TPSA) is 168 Å². The van der Waals surface area contributed by atoms with E-state index >= 15 is 0 Å². The summed E-state index contributed by atoms with van der Waals surface area (Å²) in [5, 5.41) is 17.5. The Kier molecular flexibility index (Phi) is 7.30. The standard InChI is InChI=1S/C16H14F4N6O8S2/c17-25(18)16(26(19)20)9-21(35(31,32)14-5-1-12(2-6-14)23(27)28)11-22(10-16)36(33,34)15-7-3-13(4-8-15)24(29)30/h1-8H,9-11H2. The van der Waals surface area contributed by atoms with Crippen molar-refractivity contribution in [3.63, 3.8) is 0 Å². The monoisotopic (exact) mass is 558 g/mol. The number of sulfonamides is 2. The van der Waals surface area contributed by atoms with E-state index in [9.17, 15) is 55.0 Å². The number of rotatable bonds is 8. The van der Waals surface area contributed by atoms with Crippen molar-refractivity contribution >= 4 is 31.4 Å². The van der Waals surface area contributed by atoms with Crippen molar-refractivity contribution in [3.8, 4) is 0 Å². The van der Waals surface area contributed by atoms with Gasteiger partial charge in [-0.15, -0.1) is 0 Å². The fourth-order valence-electron chi connectivity index (χ4n) is 3.26. The lowest BCUT2D eigenvalue weighted by molar-refractivity contribution is -0.385. The molecule has 0 saturated carbocycles. The molecule has 0 unspecified atom stereocenters. The fraction of sp³-hybridized carbons (Fsp3) is 0.250. The van der Waals surface area contributed by atoms with Gasteiger partial charge in [-0.3, -0.25) is 20.2 Å². The summed E-state index contributed by atoms with van der Waals surface area (Å²) < 4.78 is 107. The maximum atomic E-state index is 13.8. The Morgan fingerprint density at radius 1 is 0.694 bits per heavy atom. The summed E-state index contributed by atoms with van der Waals surface area (Å²) in [6, 6.07) is 5.97. The van der Waals surface area contributed by atoms with E-state index in [1.54, 1.807) is 0 Å². The molecule has 36 heavy (non-hydrogen) atoms. The zero-order chi connectivity index (χ0) is 27.1. The number of hydrogen-bond acceptors (Lipinski definition) is 10. The summed E-state index contributed by atoms with van der Waals surface area (Å²) in [7, 11) is -9.88. The molecule has 3 rings (SSSR count). The molecule has 1 aliphatic heterocycles. The van der Waals surface area contributed by atoms with Crippen LogP contribution >= 0.6 is 0 Å². The predicted octanol–water partition coefficient (Wildman–Crippen LogP) is 1.99. The summed E-state index contributed by atoms with van der Waals surface area (Å²) >= 11 is 0. The van der Waals surface area contributed by atoms with Crippen molar-refractivity contribution in [1.29, 1.82) is 0 Å². The number of benzene rings is 2. The molecular formula is C16H14F4N6O8S2. The first-order valence-electron chi connectivity index (χ1n) is 9.36. The smallest absolute Gasteiger partial charge is 0.258 e. The van der Waals surface area contributed by atoms with Crippen LogP contribution in [-0.4, -0.2) is 71.4 Å². The molecular weight excluding hydrogens is 544 g/mol. The van der Waals surface area contributed by atoms with Gasteiger partial charge in [-0.2, -0.15) is 8.61 Å². The molecule has 20 heteroatoms. The van der Waals surface area contributed by atoms with Gasteiger partial charge in [0.05, 0.1) is 39.4 Å². The van der Waals surface area contributed by atoms with E-state index in [4.69, 9.17) is 0 Å². The number of nitro groups is 2. The highest BCUT2D eigenvalue weighted by molar-refractivity contribution is 7.90. The van der Waals surface area contributed by atoms with E-state index in [1.807, 2.05) is 0 Å². The number of nitro benzene ring substituents is 2. The average Bonchev–Trinajstić information content (AvgIpc) is 2.83. The third kappa shape index (κ3) is 4.85. The van der Waals surface area contributed by atoms with Gasteiger partial charge < -0.3 is 0 Å². The Bertz CT molecular complexity index is 1270. The highest BCUT2D eigenvalue weighted by Gasteiger charge is 2.57. The molecule has 196 valence electrons. The minimum Gasteiger partial charge on any atom is -0.258 e. The third-order valence-electron chi connectivity index (χ3n) is 5.17. The van der Waals surface area contributed by atoms with Crippen molar-refractivity contribution in [1.82, 2.24) is 19.3 Å². The summed E-state index contributed by atoms with van der Waals surface area (Å²) in [5.41, 5.74) is -4.80. The van der Waals surface area contributed by atoms with Crippen molar-refractivity contribution in [2.75, 3.05) is 19.8 Å². The number of hydrogen-bond donors (Lipinski definition) is 0. The van der Waals surface area contributed by atoms with Crippen LogP contribution in [0.5, 0.6) is 0 Å². The van der Waals surface area contributed by atoms with Gasteiger partial charge >= 0.3 is 0 Å². The predicted molar refractivity (Wildman–Crippen MR) is 110 cm³/mol. The van der Waals surface area contributed by atoms with Crippen LogP contribution in [0.2, 0.25) is 0 Å². The lowest BCUT2D eigenvalue weighted by Gasteiger charge is -2.44. The molecule has 1 aliphatic rings. The number of non-ortho nitro benzene ring substituents is 2. The van der Waals surface area contributed by atoms with Crippen LogP contribution in [0.25, 0.3) is 0 Å². The summed E-state index contributed by atoms with van der Waals surface area (Å²) in [6.07, 6.45) is 0. The SMILES string of the molecule is O=[N+]([O-])c1ccc(S(=O)(=O)N2CN(S(=O)(=O)c3ccc([N+](=O)[O-])cc3)CC(N(F)F)(N(F)F)C2)cc1. The van der Waals surface area contributed by atoms with E-state index in [1.165, 1.54) is 0 Å². The van der Waals surface area contributed by atoms with Gasteiger partial charge in [-0.05, 0) is 24.3 Å². The summed E-state index contributed by atoms with van der Waals surface area (Å²) in [4.78, 5) is 18.5. The number of halogens is 4. The maximum Gasteiger partial charge on any atom is 0.269 e. The third-order valence-corrected chi connectivity index (χ3v) is 8.76. The van der Waals surface area contributed by atoms with Gasteiger partial charge in [0.1, 0.15) is 0 Å². The molecule has 1 saturated heterocycles. The lowest BCUT2D eigenvalue weighted by Crippen LogP contribution is -2.69. The minimum absolute atomic E-state index is 0.0406. The first-order valence-corrected chi connectivity index (χ1v) is 12.2. The Balaban J connectivity index is 2.09. The Hall–Kier alpha value is -3.30. The molecule has 2 aromatic carbocycles. The van der Waals surface area contributed by atoms with Gasteiger partial charge in [-0.1, -0.05) is 17.9 Å². The molecule has 0 atom stereocenters.